The predicted molar refractivity (Wildman–Crippen MR) is 118 cm³/mol. The Labute approximate surface area is 178 Å². The van der Waals surface area contributed by atoms with Gasteiger partial charge in [-0.2, -0.15) is 0 Å². The van der Waals surface area contributed by atoms with Crippen LogP contribution in [0.2, 0.25) is 5.02 Å². The lowest BCUT2D eigenvalue weighted by Gasteiger charge is -2.11. The minimum absolute atomic E-state index is 0.0858. The highest BCUT2D eigenvalue weighted by Crippen LogP contribution is 2.21. The topological polar surface area (TPSA) is 71.3 Å². The van der Waals surface area contributed by atoms with Crippen molar-refractivity contribution in [2.45, 2.75) is 0 Å². The van der Waals surface area contributed by atoms with Crippen molar-refractivity contribution < 1.29 is 14.0 Å². The zero-order valence-corrected chi connectivity index (χ0v) is 16.5. The van der Waals surface area contributed by atoms with Crippen LogP contribution in [0, 0.1) is 0 Å². The molecule has 2 amide bonds. The Balaban J connectivity index is 1.70. The number of anilines is 1. The summed E-state index contributed by atoms with van der Waals surface area (Å²) in [6.07, 6.45) is 3.05. The third kappa shape index (κ3) is 4.42. The Hall–Kier alpha value is -3.83. The first-order valence-corrected chi connectivity index (χ1v) is 9.59. The molecule has 0 unspecified atom stereocenters. The number of hydrogen-bond acceptors (Lipinski definition) is 3. The molecule has 0 spiro atoms. The van der Waals surface area contributed by atoms with Crippen LogP contribution in [0.3, 0.4) is 0 Å². The van der Waals surface area contributed by atoms with Gasteiger partial charge in [0.2, 0.25) is 0 Å². The number of carbonyl (C=O) groups is 2. The van der Waals surface area contributed by atoms with Crippen LogP contribution in [0.15, 0.2) is 95.2 Å². The number of carbonyl (C=O) groups excluding carboxylic acids is 2. The fourth-order valence-corrected chi connectivity index (χ4v) is 3.14. The largest absolute Gasteiger partial charge is 0.459 e. The zero-order valence-electron chi connectivity index (χ0n) is 15.8. The standard InChI is InChI=1S/C24H17ClN2O3/c25-18-10-12-19(13-11-18)26-23(28)21(27-24(29)22-9-4-14-30-22)15-17-7-3-6-16-5-1-2-8-20(16)17/h1-15H,(H,26,28)(H,27,29). The van der Waals surface area contributed by atoms with E-state index in [1.54, 1.807) is 36.4 Å². The van der Waals surface area contributed by atoms with Gasteiger partial charge in [0.15, 0.2) is 5.76 Å². The van der Waals surface area contributed by atoms with E-state index in [0.29, 0.717) is 10.7 Å². The van der Waals surface area contributed by atoms with Crippen LogP contribution in [-0.2, 0) is 4.79 Å². The van der Waals surface area contributed by atoms with Crippen LogP contribution >= 0.6 is 11.6 Å². The molecule has 0 bridgehead atoms. The number of benzene rings is 3. The van der Waals surface area contributed by atoms with Gasteiger partial charge < -0.3 is 15.1 Å². The highest BCUT2D eigenvalue weighted by Gasteiger charge is 2.17. The lowest BCUT2D eigenvalue weighted by Crippen LogP contribution is -2.30. The summed E-state index contributed by atoms with van der Waals surface area (Å²) in [4.78, 5) is 25.5. The van der Waals surface area contributed by atoms with Crippen LogP contribution < -0.4 is 10.6 Å². The highest BCUT2D eigenvalue weighted by atomic mass is 35.5. The molecule has 0 fully saturated rings. The monoisotopic (exact) mass is 416 g/mol. The molecule has 0 atom stereocenters. The minimum atomic E-state index is -0.516. The Morgan fingerprint density at radius 2 is 1.63 bits per heavy atom. The molecule has 148 valence electrons. The molecule has 1 aromatic heterocycles. The Morgan fingerprint density at radius 1 is 0.867 bits per heavy atom. The molecule has 0 radical (unpaired) electrons. The average molecular weight is 417 g/mol. The smallest absolute Gasteiger partial charge is 0.291 e. The highest BCUT2D eigenvalue weighted by molar-refractivity contribution is 6.30. The zero-order chi connectivity index (χ0) is 20.9. The van der Waals surface area contributed by atoms with E-state index in [-0.39, 0.29) is 11.5 Å². The maximum absolute atomic E-state index is 13.0. The van der Waals surface area contributed by atoms with E-state index < -0.39 is 11.8 Å². The van der Waals surface area contributed by atoms with Crippen molar-refractivity contribution >= 4 is 46.0 Å². The van der Waals surface area contributed by atoms with E-state index in [1.807, 2.05) is 42.5 Å². The molecule has 30 heavy (non-hydrogen) atoms. The molecule has 6 heteroatoms. The number of furan rings is 1. The summed E-state index contributed by atoms with van der Waals surface area (Å²) in [6, 6.07) is 23.4. The number of rotatable bonds is 5. The fourth-order valence-electron chi connectivity index (χ4n) is 3.01. The fraction of sp³-hybridized carbons (Fsp3) is 0. The second-order valence-corrected chi connectivity index (χ2v) is 6.96. The Kier molecular flexibility index (Phi) is 5.63. The first-order valence-electron chi connectivity index (χ1n) is 9.21. The van der Waals surface area contributed by atoms with Crippen molar-refractivity contribution in [2.75, 3.05) is 5.32 Å². The van der Waals surface area contributed by atoms with E-state index in [0.717, 1.165) is 16.3 Å². The van der Waals surface area contributed by atoms with Crippen molar-refractivity contribution in [2.24, 2.45) is 0 Å². The van der Waals surface area contributed by atoms with E-state index in [4.69, 9.17) is 16.0 Å². The maximum atomic E-state index is 13.0. The van der Waals surface area contributed by atoms with Crippen LogP contribution in [0.5, 0.6) is 0 Å². The predicted octanol–water partition coefficient (Wildman–Crippen LogP) is 5.50. The van der Waals surface area contributed by atoms with Gasteiger partial charge in [-0.25, -0.2) is 0 Å². The van der Waals surface area contributed by atoms with Gasteiger partial charge in [-0.3, -0.25) is 9.59 Å². The van der Waals surface area contributed by atoms with Gasteiger partial charge in [-0.1, -0.05) is 54.1 Å². The van der Waals surface area contributed by atoms with E-state index in [1.165, 1.54) is 12.3 Å². The SMILES string of the molecule is O=C(Nc1ccc(Cl)cc1)C(=Cc1cccc2ccccc12)NC(=O)c1ccco1. The molecule has 1 heterocycles. The molecule has 0 saturated carbocycles. The lowest BCUT2D eigenvalue weighted by atomic mass is 10.0. The molecule has 3 aromatic carbocycles. The maximum Gasteiger partial charge on any atom is 0.291 e. The minimum Gasteiger partial charge on any atom is -0.459 e. The van der Waals surface area contributed by atoms with Gasteiger partial charge in [0, 0.05) is 10.7 Å². The van der Waals surface area contributed by atoms with E-state index in [9.17, 15) is 9.59 Å². The van der Waals surface area contributed by atoms with E-state index >= 15 is 0 Å². The van der Waals surface area contributed by atoms with Gasteiger partial charge in [0.05, 0.1) is 6.26 Å². The number of hydrogen-bond donors (Lipinski definition) is 2. The lowest BCUT2D eigenvalue weighted by molar-refractivity contribution is -0.113. The second kappa shape index (κ2) is 8.68. The van der Waals surface area contributed by atoms with Gasteiger partial charge in [-0.05, 0) is 58.8 Å². The number of halogens is 1. The van der Waals surface area contributed by atoms with Crippen LogP contribution in [0.4, 0.5) is 5.69 Å². The molecule has 0 aliphatic rings. The first-order chi connectivity index (χ1) is 14.6. The molecule has 4 rings (SSSR count). The van der Waals surface area contributed by atoms with E-state index in [2.05, 4.69) is 10.6 Å². The molecule has 2 N–H and O–H groups in total. The summed E-state index contributed by atoms with van der Waals surface area (Å²) in [7, 11) is 0. The molecular formula is C24H17ClN2O3. The number of amides is 2. The number of nitrogens with one attached hydrogen (secondary N) is 2. The normalized spacial score (nSPS) is 11.3. The number of fused-ring (bicyclic) bond motifs is 1. The summed E-state index contributed by atoms with van der Waals surface area (Å²) in [5.41, 5.74) is 1.44. The van der Waals surface area contributed by atoms with Gasteiger partial charge >= 0.3 is 0 Å². The summed E-state index contributed by atoms with van der Waals surface area (Å²) in [5, 5.41) is 7.98. The van der Waals surface area contributed by atoms with Crippen molar-refractivity contribution in [3.63, 3.8) is 0 Å². The quantitative estimate of drug-likeness (QED) is 0.422. The van der Waals surface area contributed by atoms with Gasteiger partial charge in [-0.15, -0.1) is 0 Å². The van der Waals surface area contributed by atoms with Crippen molar-refractivity contribution in [1.29, 1.82) is 0 Å². The summed E-state index contributed by atoms with van der Waals surface area (Å²) >= 11 is 5.91. The van der Waals surface area contributed by atoms with Gasteiger partial charge in [0.25, 0.3) is 11.8 Å². The second-order valence-electron chi connectivity index (χ2n) is 6.52. The average Bonchev–Trinajstić information content (AvgIpc) is 3.30. The van der Waals surface area contributed by atoms with Crippen LogP contribution in [0.25, 0.3) is 16.8 Å². The van der Waals surface area contributed by atoms with Crippen LogP contribution in [0.1, 0.15) is 16.1 Å². The third-order valence-corrected chi connectivity index (χ3v) is 4.72. The van der Waals surface area contributed by atoms with Crippen molar-refractivity contribution in [1.82, 2.24) is 5.32 Å². The first kappa shape index (κ1) is 19.5. The molecular weight excluding hydrogens is 400 g/mol. The summed E-state index contributed by atoms with van der Waals surface area (Å²) in [5.74, 6) is -0.874. The Morgan fingerprint density at radius 3 is 2.40 bits per heavy atom. The third-order valence-electron chi connectivity index (χ3n) is 4.46. The summed E-state index contributed by atoms with van der Waals surface area (Å²) in [6.45, 7) is 0. The molecule has 5 nitrogen and oxygen atoms in total. The molecule has 0 aliphatic carbocycles. The summed E-state index contributed by atoms with van der Waals surface area (Å²) < 4.78 is 5.14. The molecule has 0 aliphatic heterocycles. The van der Waals surface area contributed by atoms with Crippen LogP contribution in [-0.4, -0.2) is 11.8 Å². The van der Waals surface area contributed by atoms with Gasteiger partial charge in [0.1, 0.15) is 5.70 Å². The Bertz CT molecular complexity index is 1220. The molecule has 0 saturated heterocycles. The van der Waals surface area contributed by atoms with Crippen molar-refractivity contribution in [3.05, 3.63) is 107 Å². The van der Waals surface area contributed by atoms with Crippen molar-refractivity contribution in [3.8, 4) is 0 Å². The molecule has 4 aromatic rings.